The Hall–Kier alpha value is -2.38. The van der Waals surface area contributed by atoms with Gasteiger partial charge in [0.25, 0.3) is 0 Å². The van der Waals surface area contributed by atoms with Crippen LogP contribution in [0.5, 0.6) is 0 Å². The first-order valence-electron chi connectivity index (χ1n) is 9.09. The number of benzene rings is 2. The minimum absolute atomic E-state index is 0.172. The average molecular weight is 386 g/mol. The molecule has 0 N–H and O–H groups in total. The topological polar surface area (TPSA) is 72.5 Å². The highest BCUT2D eigenvalue weighted by Gasteiger charge is 2.30. The van der Waals surface area contributed by atoms with Crippen molar-refractivity contribution in [3.05, 3.63) is 64.6 Å². The molecule has 3 aromatic rings. The number of nitrogens with zero attached hydrogens (tertiary/aromatic N) is 2. The molecule has 0 amide bonds. The third kappa shape index (κ3) is 3.44. The summed E-state index contributed by atoms with van der Waals surface area (Å²) in [7, 11) is -1.99. The zero-order valence-electron chi connectivity index (χ0n) is 15.2. The third-order valence-corrected chi connectivity index (χ3v) is 7.24. The lowest BCUT2D eigenvalue weighted by Crippen LogP contribution is -2.38. The summed E-state index contributed by atoms with van der Waals surface area (Å²) in [6, 6.07) is 14.9. The minimum Gasteiger partial charge on any atom is -0.408 e. The smallest absolute Gasteiger partial charge is 0.408 e. The Labute approximate surface area is 158 Å². The summed E-state index contributed by atoms with van der Waals surface area (Å²) < 4.78 is 34.0. The van der Waals surface area contributed by atoms with E-state index in [1.807, 2.05) is 18.2 Å². The van der Waals surface area contributed by atoms with Gasteiger partial charge in [0, 0.05) is 26.2 Å². The highest BCUT2D eigenvalue weighted by Crippen LogP contribution is 2.27. The molecule has 0 aliphatic carbocycles. The van der Waals surface area contributed by atoms with Crippen molar-refractivity contribution in [2.75, 3.05) is 13.1 Å². The summed E-state index contributed by atoms with van der Waals surface area (Å²) in [5.74, 6) is -0.00486. The van der Waals surface area contributed by atoms with Gasteiger partial charge in [-0.15, -0.1) is 0 Å². The predicted molar refractivity (Wildman–Crippen MR) is 103 cm³/mol. The predicted octanol–water partition coefficient (Wildman–Crippen LogP) is 2.77. The SMILES string of the molecule is Cn1c(=O)oc2cc(S(=O)(=O)N3CCC(Cc4ccccc4)CC3)ccc21. The standard InChI is InChI=1S/C20H22N2O4S/c1-21-18-8-7-17(14-19(18)26-20(21)23)27(24,25)22-11-9-16(10-12-22)13-15-5-3-2-4-6-15/h2-8,14,16H,9-13H2,1H3. The second kappa shape index (κ2) is 6.98. The van der Waals surface area contributed by atoms with Gasteiger partial charge < -0.3 is 4.42 Å². The maximum absolute atomic E-state index is 13.0. The van der Waals surface area contributed by atoms with Crippen LogP contribution < -0.4 is 5.76 Å². The van der Waals surface area contributed by atoms with E-state index in [4.69, 9.17) is 4.42 Å². The van der Waals surface area contributed by atoms with Crippen molar-refractivity contribution >= 4 is 21.1 Å². The number of piperidine rings is 1. The van der Waals surface area contributed by atoms with Gasteiger partial charge in [0.05, 0.1) is 10.4 Å². The lowest BCUT2D eigenvalue weighted by Gasteiger charge is -2.31. The molecule has 1 fully saturated rings. The highest BCUT2D eigenvalue weighted by molar-refractivity contribution is 7.89. The van der Waals surface area contributed by atoms with Crippen molar-refractivity contribution in [2.45, 2.75) is 24.2 Å². The number of rotatable bonds is 4. The van der Waals surface area contributed by atoms with Gasteiger partial charge in [0.1, 0.15) is 0 Å². The zero-order chi connectivity index (χ0) is 19.0. The van der Waals surface area contributed by atoms with Gasteiger partial charge in [-0.1, -0.05) is 30.3 Å². The largest absolute Gasteiger partial charge is 0.419 e. The molecule has 0 spiro atoms. The monoisotopic (exact) mass is 386 g/mol. The number of fused-ring (bicyclic) bond motifs is 1. The van der Waals surface area contributed by atoms with Gasteiger partial charge in [-0.25, -0.2) is 13.2 Å². The molecular weight excluding hydrogens is 364 g/mol. The summed E-state index contributed by atoms with van der Waals surface area (Å²) in [4.78, 5) is 11.8. The van der Waals surface area contributed by atoms with E-state index in [9.17, 15) is 13.2 Å². The maximum Gasteiger partial charge on any atom is 0.419 e. The van der Waals surface area contributed by atoms with Crippen LogP contribution in [0.2, 0.25) is 0 Å². The molecule has 1 aliphatic rings. The third-order valence-electron chi connectivity index (χ3n) is 5.34. The van der Waals surface area contributed by atoms with Gasteiger partial charge in [-0.05, 0) is 42.9 Å². The van der Waals surface area contributed by atoms with Crippen molar-refractivity contribution in [1.29, 1.82) is 0 Å². The molecule has 4 rings (SSSR count). The molecule has 6 nitrogen and oxygen atoms in total. The first-order valence-corrected chi connectivity index (χ1v) is 10.5. The van der Waals surface area contributed by atoms with Crippen molar-refractivity contribution in [1.82, 2.24) is 8.87 Å². The van der Waals surface area contributed by atoms with Gasteiger partial charge >= 0.3 is 5.76 Å². The Balaban J connectivity index is 1.49. The van der Waals surface area contributed by atoms with Gasteiger partial charge in [0.15, 0.2) is 5.58 Å². The fraction of sp³-hybridized carbons (Fsp3) is 0.350. The van der Waals surface area contributed by atoms with Crippen LogP contribution in [0.25, 0.3) is 11.1 Å². The van der Waals surface area contributed by atoms with E-state index in [0.717, 1.165) is 19.3 Å². The molecule has 27 heavy (non-hydrogen) atoms. The zero-order valence-corrected chi connectivity index (χ0v) is 16.0. The van der Waals surface area contributed by atoms with Crippen molar-refractivity contribution in [3.8, 4) is 0 Å². The number of aryl methyl sites for hydroxylation is 1. The van der Waals surface area contributed by atoms with Crippen LogP contribution in [-0.2, 0) is 23.5 Å². The molecule has 0 unspecified atom stereocenters. The highest BCUT2D eigenvalue weighted by atomic mass is 32.2. The average Bonchev–Trinajstić information content (AvgIpc) is 2.96. The van der Waals surface area contributed by atoms with Crippen molar-refractivity contribution in [2.24, 2.45) is 13.0 Å². The summed E-state index contributed by atoms with van der Waals surface area (Å²) >= 11 is 0. The van der Waals surface area contributed by atoms with Gasteiger partial charge in [-0.2, -0.15) is 4.31 Å². The van der Waals surface area contributed by atoms with Crippen LogP contribution in [0.1, 0.15) is 18.4 Å². The molecule has 1 saturated heterocycles. The van der Waals surface area contributed by atoms with E-state index in [1.54, 1.807) is 19.2 Å². The van der Waals surface area contributed by atoms with Crippen LogP contribution in [0.3, 0.4) is 0 Å². The Morgan fingerprint density at radius 2 is 1.78 bits per heavy atom. The Kier molecular flexibility index (Phi) is 4.65. The molecule has 2 aromatic carbocycles. The molecule has 142 valence electrons. The second-order valence-electron chi connectivity index (χ2n) is 7.09. The summed E-state index contributed by atoms with van der Waals surface area (Å²) in [6.07, 6.45) is 2.67. The molecule has 0 saturated carbocycles. The van der Waals surface area contributed by atoms with E-state index in [0.29, 0.717) is 30.1 Å². The Morgan fingerprint density at radius 3 is 2.48 bits per heavy atom. The number of aromatic nitrogens is 1. The van der Waals surface area contributed by atoms with E-state index < -0.39 is 15.8 Å². The summed E-state index contributed by atoms with van der Waals surface area (Å²) in [5.41, 5.74) is 2.17. The quantitative estimate of drug-likeness (QED) is 0.691. The van der Waals surface area contributed by atoms with Crippen molar-refractivity contribution < 1.29 is 12.8 Å². The van der Waals surface area contributed by atoms with Crippen LogP contribution >= 0.6 is 0 Å². The molecule has 0 radical (unpaired) electrons. The first-order chi connectivity index (χ1) is 12.9. The van der Waals surface area contributed by atoms with E-state index >= 15 is 0 Å². The van der Waals surface area contributed by atoms with Crippen LogP contribution in [0.15, 0.2) is 62.6 Å². The van der Waals surface area contributed by atoms with Gasteiger partial charge in [-0.3, -0.25) is 4.57 Å². The van der Waals surface area contributed by atoms with Crippen LogP contribution in [0, 0.1) is 5.92 Å². The number of hydrogen-bond acceptors (Lipinski definition) is 4. The van der Waals surface area contributed by atoms with Crippen LogP contribution in [-0.4, -0.2) is 30.4 Å². The molecule has 1 aromatic heterocycles. The van der Waals surface area contributed by atoms with E-state index in [2.05, 4.69) is 12.1 Å². The molecule has 1 aliphatic heterocycles. The Bertz CT molecular complexity index is 1110. The summed E-state index contributed by atoms with van der Waals surface area (Å²) in [6.45, 7) is 1.02. The van der Waals surface area contributed by atoms with Crippen LogP contribution in [0.4, 0.5) is 0 Å². The number of hydrogen-bond donors (Lipinski definition) is 0. The second-order valence-corrected chi connectivity index (χ2v) is 9.03. The first kappa shape index (κ1) is 18.0. The molecule has 0 atom stereocenters. The lowest BCUT2D eigenvalue weighted by atomic mass is 9.91. The fourth-order valence-electron chi connectivity index (χ4n) is 3.72. The molecule has 7 heteroatoms. The van der Waals surface area contributed by atoms with Crippen molar-refractivity contribution in [3.63, 3.8) is 0 Å². The van der Waals surface area contributed by atoms with E-state index in [-0.39, 0.29) is 4.90 Å². The van der Waals surface area contributed by atoms with Gasteiger partial charge in [0.2, 0.25) is 10.0 Å². The maximum atomic E-state index is 13.0. The van der Waals surface area contributed by atoms with E-state index in [1.165, 1.54) is 20.5 Å². The molecule has 0 bridgehead atoms. The Morgan fingerprint density at radius 1 is 1.07 bits per heavy atom. The molecular formula is C20H22N2O4S. The normalized spacial score (nSPS) is 16.8. The lowest BCUT2D eigenvalue weighted by molar-refractivity contribution is 0.273. The summed E-state index contributed by atoms with van der Waals surface area (Å²) in [5, 5.41) is 0. The number of oxazole rings is 1. The fourth-order valence-corrected chi connectivity index (χ4v) is 5.21. The molecule has 2 heterocycles. The number of sulfonamides is 1. The minimum atomic E-state index is -3.59.